The van der Waals surface area contributed by atoms with Gasteiger partial charge in [0.25, 0.3) is 0 Å². The first-order valence-electron chi connectivity index (χ1n) is 19.6. The van der Waals surface area contributed by atoms with Gasteiger partial charge < -0.3 is 0 Å². The molecule has 1 aromatic heterocycles. The molecule has 0 aliphatic heterocycles. The van der Waals surface area contributed by atoms with Crippen molar-refractivity contribution in [1.82, 2.24) is 15.0 Å². The Morgan fingerprint density at radius 3 is 1.46 bits per heavy atom. The number of hydrogen-bond donors (Lipinski definition) is 0. The lowest BCUT2D eigenvalue weighted by Gasteiger charge is -2.21. The normalized spacial score (nSPS) is 12.9. The lowest BCUT2D eigenvalue weighted by molar-refractivity contribution is 0.660. The van der Waals surface area contributed by atoms with E-state index in [1.165, 1.54) is 65.7 Å². The molecule has 1 aliphatic rings. The van der Waals surface area contributed by atoms with E-state index < -0.39 is 0 Å². The van der Waals surface area contributed by atoms with Gasteiger partial charge >= 0.3 is 0 Å². The van der Waals surface area contributed by atoms with Gasteiger partial charge in [-0.25, -0.2) is 15.0 Å². The molecule has 3 nitrogen and oxygen atoms in total. The second kappa shape index (κ2) is 12.9. The topological polar surface area (TPSA) is 38.7 Å². The summed E-state index contributed by atoms with van der Waals surface area (Å²) in [6, 6.07) is 67.5. The van der Waals surface area contributed by atoms with Crippen LogP contribution in [0.1, 0.15) is 25.0 Å². The molecule has 0 bridgehead atoms. The van der Waals surface area contributed by atoms with Crippen LogP contribution < -0.4 is 0 Å². The highest BCUT2D eigenvalue weighted by atomic mass is 15.0. The van der Waals surface area contributed by atoms with Crippen LogP contribution >= 0.6 is 0 Å². The van der Waals surface area contributed by atoms with Crippen molar-refractivity contribution >= 4 is 32.3 Å². The molecule has 0 radical (unpaired) electrons. The molecule has 268 valence electrons. The predicted molar refractivity (Wildman–Crippen MR) is 237 cm³/mol. The Kier molecular flexibility index (Phi) is 7.52. The van der Waals surface area contributed by atoms with Crippen molar-refractivity contribution in [2.75, 3.05) is 0 Å². The largest absolute Gasteiger partial charge is 0.208 e. The van der Waals surface area contributed by atoms with E-state index in [9.17, 15) is 0 Å². The number of rotatable bonds is 5. The zero-order chi connectivity index (χ0) is 38.1. The molecule has 0 saturated heterocycles. The molecule has 1 heterocycles. The third-order valence-electron chi connectivity index (χ3n) is 11.9. The molecule has 0 spiro atoms. The molecule has 0 amide bonds. The van der Waals surface area contributed by atoms with Crippen LogP contribution in [0.3, 0.4) is 0 Å². The van der Waals surface area contributed by atoms with Gasteiger partial charge in [0, 0.05) is 22.1 Å². The minimum absolute atomic E-state index is 0.0255. The predicted octanol–water partition coefficient (Wildman–Crippen LogP) is 14.0. The number of benzene rings is 9. The van der Waals surface area contributed by atoms with Crippen molar-refractivity contribution < 1.29 is 0 Å². The summed E-state index contributed by atoms with van der Waals surface area (Å²) >= 11 is 0. The molecule has 3 heteroatoms. The van der Waals surface area contributed by atoms with Gasteiger partial charge in [-0.15, -0.1) is 0 Å². The highest BCUT2D eigenvalue weighted by Gasteiger charge is 2.35. The summed E-state index contributed by atoms with van der Waals surface area (Å²) in [6.45, 7) is 4.69. The number of fused-ring (bicyclic) bond motifs is 9. The third kappa shape index (κ3) is 5.38. The van der Waals surface area contributed by atoms with E-state index in [1.54, 1.807) is 0 Å². The Morgan fingerprint density at radius 1 is 0.298 bits per heavy atom. The first-order valence-corrected chi connectivity index (χ1v) is 19.6. The van der Waals surface area contributed by atoms with Crippen molar-refractivity contribution in [3.63, 3.8) is 0 Å². The number of nitrogens with zero attached hydrogens (tertiary/aromatic N) is 3. The van der Waals surface area contributed by atoms with Crippen LogP contribution in [0.15, 0.2) is 188 Å². The molecular weight excluding hydrogens is 691 g/mol. The van der Waals surface area contributed by atoms with Crippen LogP contribution in [0.2, 0.25) is 0 Å². The van der Waals surface area contributed by atoms with Gasteiger partial charge in [-0.05, 0) is 89.0 Å². The van der Waals surface area contributed by atoms with Crippen molar-refractivity contribution in [2.45, 2.75) is 19.3 Å². The minimum Gasteiger partial charge on any atom is -0.208 e. The maximum atomic E-state index is 4.95. The highest BCUT2D eigenvalue weighted by Crippen LogP contribution is 2.50. The Bertz CT molecular complexity index is 3130. The second-order valence-corrected chi connectivity index (χ2v) is 15.6. The van der Waals surface area contributed by atoms with Crippen LogP contribution in [-0.2, 0) is 5.41 Å². The average molecular weight is 728 g/mol. The third-order valence-corrected chi connectivity index (χ3v) is 11.9. The summed E-state index contributed by atoms with van der Waals surface area (Å²) in [5.74, 6) is 1.96. The van der Waals surface area contributed by atoms with E-state index in [0.29, 0.717) is 17.5 Å². The molecule has 0 unspecified atom stereocenters. The van der Waals surface area contributed by atoms with E-state index in [1.807, 2.05) is 60.7 Å². The fourth-order valence-corrected chi connectivity index (χ4v) is 9.06. The molecule has 11 rings (SSSR count). The molecule has 57 heavy (non-hydrogen) atoms. The Balaban J connectivity index is 1.04. The van der Waals surface area contributed by atoms with E-state index in [4.69, 9.17) is 15.0 Å². The first kappa shape index (κ1) is 33.1. The van der Waals surface area contributed by atoms with Crippen molar-refractivity contribution in [3.8, 4) is 67.5 Å². The molecule has 0 N–H and O–H groups in total. The lowest BCUT2D eigenvalue weighted by Crippen LogP contribution is -2.14. The van der Waals surface area contributed by atoms with E-state index >= 15 is 0 Å². The van der Waals surface area contributed by atoms with Gasteiger partial charge in [-0.3, -0.25) is 0 Å². The number of hydrogen-bond acceptors (Lipinski definition) is 3. The first-order chi connectivity index (χ1) is 28.0. The zero-order valence-corrected chi connectivity index (χ0v) is 31.7. The summed E-state index contributed by atoms with van der Waals surface area (Å²) < 4.78 is 0. The zero-order valence-electron chi connectivity index (χ0n) is 31.7. The second-order valence-electron chi connectivity index (χ2n) is 15.6. The van der Waals surface area contributed by atoms with Gasteiger partial charge in [0.05, 0.1) is 0 Å². The van der Waals surface area contributed by atoms with Crippen LogP contribution in [0.5, 0.6) is 0 Å². The Labute approximate surface area is 332 Å². The van der Waals surface area contributed by atoms with E-state index in [0.717, 1.165) is 27.8 Å². The molecule has 0 saturated carbocycles. The molecule has 1 aliphatic carbocycles. The molecule has 0 fully saturated rings. The van der Waals surface area contributed by atoms with Crippen molar-refractivity contribution in [1.29, 1.82) is 0 Å². The summed E-state index contributed by atoms with van der Waals surface area (Å²) in [5.41, 5.74) is 13.1. The maximum absolute atomic E-state index is 4.95. The smallest absolute Gasteiger partial charge is 0.164 e. The van der Waals surface area contributed by atoms with Gasteiger partial charge in [0.2, 0.25) is 0 Å². The van der Waals surface area contributed by atoms with Crippen LogP contribution in [-0.4, -0.2) is 15.0 Å². The van der Waals surface area contributed by atoms with E-state index in [2.05, 4.69) is 141 Å². The molecular formula is C54H37N3. The summed E-state index contributed by atoms with van der Waals surface area (Å²) in [5, 5.41) is 7.59. The van der Waals surface area contributed by atoms with Gasteiger partial charge in [0.15, 0.2) is 17.5 Å². The van der Waals surface area contributed by atoms with Crippen LogP contribution in [0.25, 0.3) is 99.9 Å². The SMILES string of the molecule is CC1(C)c2ccccc2-c2cc(-c3cccc4c5ccccc5c5cc(-c6ccc(-c7nc(-c8ccccc8)nc(-c8ccccc8)n7)cc6)ccc5c34)ccc21. The Hall–Kier alpha value is -7.23. The van der Waals surface area contributed by atoms with Gasteiger partial charge in [0.1, 0.15) is 0 Å². The minimum atomic E-state index is -0.0255. The fourth-order valence-electron chi connectivity index (χ4n) is 9.06. The molecule has 0 atom stereocenters. The Morgan fingerprint density at radius 2 is 0.772 bits per heavy atom. The highest BCUT2D eigenvalue weighted by molar-refractivity contribution is 6.28. The van der Waals surface area contributed by atoms with Crippen molar-refractivity contribution in [2.24, 2.45) is 0 Å². The summed E-state index contributed by atoms with van der Waals surface area (Å²) in [6.07, 6.45) is 0. The maximum Gasteiger partial charge on any atom is 0.164 e. The van der Waals surface area contributed by atoms with Crippen LogP contribution in [0, 0.1) is 0 Å². The van der Waals surface area contributed by atoms with Gasteiger partial charge in [-0.2, -0.15) is 0 Å². The summed E-state index contributed by atoms with van der Waals surface area (Å²) in [4.78, 5) is 14.8. The molecule has 10 aromatic rings. The van der Waals surface area contributed by atoms with E-state index in [-0.39, 0.29) is 5.41 Å². The lowest BCUT2D eigenvalue weighted by atomic mass is 9.82. The van der Waals surface area contributed by atoms with Crippen LogP contribution in [0.4, 0.5) is 0 Å². The number of aromatic nitrogens is 3. The standard InChI is InChI=1S/C54H37N3/c1-54(2)48-23-12-11-20-43(48)47-33-39(29-31-49(47)54)40-21-13-22-44-41-18-9-10-19-42(41)46-32-38(28-30-45(46)50(40)44)34-24-26-37(27-25-34)53-56-51(35-14-5-3-6-15-35)55-52(57-53)36-16-7-4-8-17-36/h3-33H,1-2H3. The fraction of sp³-hybridized carbons (Fsp3) is 0.0556. The van der Waals surface area contributed by atoms with Gasteiger partial charge in [-0.1, -0.05) is 190 Å². The molecule has 9 aromatic carbocycles. The summed E-state index contributed by atoms with van der Waals surface area (Å²) in [7, 11) is 0. The monoisotopic (exact) mass is 727 g/mol. The average Bonchev–Trinajstić information content (AvgIpc) is 3.51. The van der Waals surface area contributed by atoms with Crippen molar-refractivity contribution in [3.05, 3.63) is 199 Å². The quantitative estimate of drug-likeness (QED) is 0.166.